The van der Waals surface area contributed by atoms with Crippen LogP contribution in [0.25, 0.3) is 0 Å². The summed E-state index contributed by atoms with van der Waals surface area (Å²) in [7, 11) is 0. The van der Waals surface area contributed by atoms with Gasteiger partial charge in [0.05, 0.1) is 40.5 Å². The molecule has 1 aromatic heterocycles. The third-order valence-corrected chi connectivity index (χ3v) is 5.06. The summed E-state index contributed by atoms with van der Waals surface area (Å²) in [5.41, 5.74) is 5.73. The Morgan fingerprint density at radius 1 is 1.19 bits per heavy atom. The van der Waals surface area contributed by atoms with Crippen molar-refractivity contribution >= 4 is 46.4 Å². The van der Waals surface area contributed by atoms with E-state index in [0.29, 0.717) is 17.1 Å². The normalized spacial score (nSPS) is 13.5. The summed E-state index contributed by atoms with van der Waals surface area (Å²) < 4.78 is 44.6. The highest BCUT2D eigenvalue weighted by atomic mass is 35.5. The topological polar surface area (TPSA) is 98.6 Å². The molecule has 0 spiro atoms. The van der Waals surface area contributed by atoms with Crippen molar-refractivity contribution in [2.75, 3.05) is 21.8 Å². The Kier molecular flexibility index (Phi) is 5.02. The number of furan rings is 1. The van der Waals surface area contributed by atoms with Crippen LogP contribution in [0.2, 0.25) is 5.02 Å². The molecule has 0 radical (unpaired) electrons. The fraction of sp³-hybridized carbons (Fsp3) is 0.100. The molecule has 3 aromatic rings. The van der Waals surface area contributed by atoms with Crippen LogP contribution in [0.5, 0.6) is 0 Å². The molecular weight excluding hydrogens is 435 g/mol. The number of alkyl halides is 3. The molecule has 0 unspecified atom stereocenters. The Balaban J connectivity index is 1.67. The van der Waals surface area contributed by atoms with E-state index in [1.54, 1.807) is 23.1 Å². The summed E-state index contributed by atoms with van der Waals surface area (Å²) in [5.74, 6) is 0.708. The first-order valence-electron chi connectivity index (χ1n) is 8.91. The van der Waals surface area contributed by atoms with Crippen molar-refractivity contribution in [2.45, 2.75) is 6.18 Å². The molecule has 4 N–H and O–H groups in total. The number of hydrogen-bond donors (Lipinski definition) is 3. The number of nitrogens with two attached hydrogens (primary N) is 1. The van der Waals surface area contributed by atoms with Gasteiger partial charge in [-0.05, 0) is 48.5 Å². The van der Waals surface area contributed by atoms with Crippen molar-refractivity contribution in [3.63, 3.8) is 0 Å². The maximum atomic E-state index is 13.1. The lowest BCUT2D eigenvalue weighted by atomic mass is 10.1. The van der Waals surface area contributed by atoms with E-state index in [0.717, 1.165) is 23.1 Å². The van der Waals surface area contributed by atoms with Crippen molar-refractivity contribution < 1.29 is 22.4 Å². The molecule has 0 bridgehead atoms. The van der Waals surface area contributed by atoms with Crippen LogP contribution in [-0.4, -0.2) is 18.5 Å². The molecule has 7 nitrogen and oxygen atoms in total. The zero-order valence-electron chi connectivity index (χ0n) is 15.7. The molecule has 0 aliphatic carbocycles. The molecule has 31 heavy (non-hydrogen) atoms. The number of hydrogen-bond acceptors (Lipinski definition) is 4. The minimum atomic E-state index is -4.61. The average molecular weight is 450 g/mol. The smallest absolute Gasteiger partial charge is 0.416 e. The zero-order chi connectivity index (χ0) is 22.3. The fourth-order valence-electron chi connectivity index (χ4n) is 3.26. The van der Waals surface area contributed by atoms with Crippen LogP contribution in [0.15, 0.2) is 59.2 Å². The largest absolute Gasteiger partial charge is 0.448 e. The van der Waals surface area contributed by atoms with Crippen molar-refractivity contribution in [1.82, 2.24) is 0 Å². The number of anilines is 4. The van der Waals surface area contributed by atoms with Gasteiger partial charge in [0, 0.05) is 5.69 Å². The van der Waals surface area contributed by atoms with Crippen molar-refractivity contribution in [3.05, 3.63) is 70.9 Å². The molecule has 2 aromatic carbocycles. The lowest BCUT2D eigenvalue weighted by molar-refractivity contribution is -0.137. The molecule has 0 fully saturated rings. The SMILES string of the molecule is N=C1c2ccoc2NCN1c1ccc(N(C(N)=O)c2cc(C(F)(F)F)ccc2Cl)cc1. The van der Waals surface area contributed by atoms with E-state index in [1.807, 2.05) is 0 Å². The predicted molar refractivity (Wildman–Crippen MR) is 111 cm³/mol. The van der Waals surface area contributed by atoms with Gasteiger partial charge in [-0.1, -0.05) is 11.6 Å². The molecule has 0 saturated carbocycles. The van der Waals surface area contributed by atoms with Gasteiger partial charge < -0.3 is 20.4 Å². The van der Waals surface area contributed by atoms with Gasteiger partial charge in [0.2, 0.25) is 5.88 Å². The third-order valence-electron chi connectivity index (χ3n) is 4.74. The van der Waals surface area contributed by atoms with E-state index in [2.05, 4.69) is 5.32 Å². The molecule has 1 aliphatic heterocycles. The minimum Gasteiger partial charge on any atom is -0.448 e. The summed E-state index contributed by atoms with van der Waals surface area (Å²) in [6.07, 6.45) is -3.14. The molecular formula is C20H15ClF3N5O2. The summed E-state index contributed by atoms with van der Waals surface area (Å²) in [5, 5.41) is 11.3. The lowest BCUT2D eigenvalue weighted by Crippen LogP contribution is -2.39. The Labute approximate surface area is 179 Å². The maximum Gasteiger partial charge on any atom is 0.416 e. The first-order chi connectivity index (χ1) is 14.7. The van der Waals surface area contributed by atoms with Gasteiger partial charge >= 0.3 is 12.2 Å². The molecule has 4 rings (SSSR count). The molecule has 0 saturated heterocycles. The zero-order valence-corrected chi connectivity index (χ0v) is 16.5. The summed E-state index contributed by atoms with van der Waals surface area (Å²) >= 11 is 6.07. The second kappa shape index (κ2) is 7.55. The Bertz CT molecular complexity index is 1160. The fourth-order valence-corrected chi connectivity index (χ4v) is 3.46. The second-order valence-electron chi connectivity index (χ2n) is 6.63. The van der Waals surface area contributed by atoms with Crippen LogP contribution in [0.1, 0.15) is 11.1 Å². The quantitative estimate of drug-likeness (QED) is 0.499. The standard InChI is InChI=1S/C20H15ClF3N5O2/c21-15-6-1-11(20(22,23)24)9-16(15)29(19(26)30)13-4-2-12(3-5-13)28-10-27-18-14(17(28)25)7-8-31-18/h1-9,25,27H,10H2,(H2,26,30). The average Bonchev–Trinajstić information content (AvgIpc) is 3.19. The van der Waals surface area contributed by atoms with Crippen molar-refractivity contribution in [3.8, 4) is 0 Å². The molecule has 2 amide bonds. The van der Waals surface area contributed by atoms with Crippen molar-refractivity contribution in [1.29, 1.82) is 5.41 Å². The van der Waals surface area contributed by atoms with Crippen LogP contribution in [0, 0.1) is 5.41 Å². The van der Waals surface area contributed by atoms with E-state index in [4.69, 9.17) is 27.2 Å². The van der Waals surface area contributed by atoms with Gasteiger partial charge in [0.15, 0.2) is 0 Å². The van der Waals surface area contributed by atoms with E-state index in [9.17, 15) is 18.0 Å². The first kappa shape index (κ1) is 20.6. The molecule has 11 heteroatoms. The van der Waals surface area contributed by atoms with E-state index < -0.39 is 17.8 Å². The number of carbonyl (C=O) groups excluding carboxylic acids is 1. The lowest BCUT2D eigenvalue weighted by Gasteiger charge is -2.30. The monoisotopic (exact) mass is 449 g/mol. The molecule has 2 heterocycles. The van der Waals surface area contributed by atoms with E-state index in [-0.39, 0.29) is 28.9 Å². The number of amidine groups is 1. The first-order valence-corrected chi connectivity index (χ1v) is 9.29. The van der Waals surface area contributed by atoms with E-state index in [1.165, 1.54) is 18.4 Å². The molecule has 1 aliphatic rings. The van der Waals surface area contributed by atoms with Crippen LogP contribution in [0.3, 0.4) is 0 Å². The summed E-state index contributed by atoms with van der Waals surface area (Å²) in [6, 6.07) is 9.58. The predicted octanol–water partition coefficient (Wildman–Crippen LogP) is 5.38. The van der Waals surface area contributed by atoms with Crippen molar-refractivity contribution in [2.24, 2.45) is 5.73 Å². The number of primary amides is 1. The van der Waals surface area contributed by atoms with Crippen LogP contribution < -0.4 is 20.9 Å². The van der Waals surface area contributed by atoms with Gasteiger partial charge in [-0.2, -0.15) is 13.2 Å². The number of benzene rings is 2. The number of halogens is 4. The number of rotatable bonds is 3. The maximum absolute atomic E-state index is 13.1. The number of fused-ring (bicyclic) bond motifs is 1. The molecule has 160 valence electrons. The highest BCUT2D eigenvalue weighted by Crippen LogP contribution is 2.38. The molecule has 0 atom stereocenters. The second-order valence-corrected chi connectivity index (χ2v) is 7.04. The highest BCUT2D eigenvalue weighted by Gasteiger charge is 2.32. The van der Waals surface area contributed by atoms with Crippen LogP contribution in [0.4, 0.5) is 40.9 Å². The Hall–Kier alpha value is -3.66. The van der Waals surface area contributed by atoms with Gasteiger partial charge in [0.1, 0.15) is 5.84 Å². The van der Waals surface area contributed by atoms with Gasteiger partial charge in [-0.15, -0.1) is 0 Å². The Morgan fingerprint density at radius 2 is 1.90 bits per heavy atom. The number of amides is 2. The highest BCUT2D eigenvalue weighted by molar-refractivity contribution is 6.34. The number of nitrogens with zero attached hydrogens (tertiary/aromatic N) is 2. The number of urea groups is 1. The Morgan fingerprint density at radius 3 is 2.55 bits per heavy atom. The summed E-state index contributed by atoms with van der Waals surface area (Å²) in [4.78, 5) is 14.7. The number of nitrogens with one attached hydrogen (secondary N) is 2. The van der Waals surface area contributed by atoms with Gasteiger partial charge in [-0.3, -0.25) is 10.3 Å². The van der Waals surface area contributed by atoms with Crippen LogP contribution >= 0.6 is 11.6 Å². The van der Waals surface area contributed by atoms with E-state index >= 15 is 0 Å². The van der Waals surface area contributed by atoms with Crippen LogP contribution in [-0.2, 0) is 6.18 Å². The third kappa shape index (κ3) is 3.77. The van der Waals surface area contributed by atoms with Gasteiger partial charge in [0.25, 0.3) is 0 Å². The van der Waals surface area contributed by atoms with Gasteiger partial charge in [-0.25, -0.2) is 4.79 Å². The minimum absolute atomic E-state index is 0.0645. The number of carbonyl (C=O) groups is 1. The summed E-state index contributed by atoms with van der Waals surface area (Å²) in [6.45, 7) is 0.275.